The molecule has 53 heavy (non-hydrogen) atoms. The number of hydrogen-bond acceptors (Lipinski definition) is 8. The minimum absolute atomic E-state index is 0.154. The van der Waals surface area contributed by atoms with Crippen molar-refractivity contribution in [3.8, 4) is 0 Å². The average molecular weight is 792 g/mol. The lowest BCUT2D eigenvalue weighted by atomic mass is 10.0. The highest BCUT2D eigenvalue weighted by atomic mass is 32.5. The standard InChI is InChI=1S/C43H86NO7PS/c1-6-11-13-15-17-19-21-23-25-27-29-31-33-35-42(45)48-39-41(40-50-52(47,53)49-38-37-44(8-3,9-4)10-5)51-43(46)36-34-32-30-28-26-24-22-20-18-16-14-12-7-2/h41H,6-40H2,1-5H3. The summed E-state index contributed by atoms with van der Waals surface area (Å²) >= 11 is 5.17. The fourth-order valence-electron chi connectivity index (χ4n) is 6.90. The number of carbonyl (C=O) groups is 2. The van der Waals surface area contributed by atoms with Crippen LogP contribution in [0.3, 0.4) is 0 Å². The third-order valence-electron chi connectivity index (χ3n) is 10.9. The van der Waals surface area contributed by atoms with Crippen molar-refractivity contribution in [1.29, 1.82) is 0 Å². The second-order valence-corrected chi connectivity index (χ2v) is 18.1. The first kappa shape index (κ1) is 52.4. The van der Waals surface area contributed by atoms with Gasteiger partial charge in [-0.25, -0.2) is 0 Å². The Morgan fingerprint density at radius 3 is 1.26 bits per heavy atom. The number of likely N-dealkylation sites (N-methyl/N-ethyl adjacent to an activating group) is 1. The van der Waals surface area contributed by atoms with E-state index >= 15 is 0 Å². The number of quaternary nitrogens is 1. The van der Waals surface area contributed by atoms with Gasteiger partial charge < -0.3 is 27.9 Å². The lowest BCUT2D eigenvalue weighted by Crippen LogP contribution is -2.49. The van der Waals surface area contributed by atoms with Crippen molar-refractivity contribution in [2.24, 2.45) is 0 Å². The van der Waals surface area contributed by atoms with Crippen molar-refractivity contribution in [2.45, 2.75) is 221 Å². The molecular formula is C43H86NO7PS. The smallest absolute Gasteiger partial charge is 0.306 e. The molecule has 316 valence electrons. The first-order valence-corrected chi connectivity index (χ1v) is 25.0. The number of unbranched alkanes of at least 4 members (excludes halogenated alkanes) is 24. The maximum absolute atomic E-state index is 13.0. The number of nitrogens with zero attached hydrogens (tertiary/aromatic N) is 1. The highest BCUT2D eigenvalue weighted by Gasteiger charge is 2.23. The van der Waals surface area contributed by atoms with Crippen molar-refractivity contribution in [1.82, 2.24) is 0 Å². The largest absolute Gasteiger partial charge is 0.780 e. The summed E-state index contributed by atoms with van der Waals surface area (Å²) in [6.07, 6.45) is 31.9. The maximum atomic E-state index is 13.0. The molecule has 0 bridgehead atoms. The Labute approximate surface area is 333 Å². The highest BCUT2D eigenvalue weighted by molar-refractivity contribution is 8.06. The van der Waals surface area contributed by atoms with Crippen LogP contribution in [0.25, 0.3) is 0 Å². The first-order valence-electron chi connectivity index (χ1n) is 22.5. The SMILES string of the molecule is CCCCCCCCCCCCCCCC(=O)OCC(COP([O-])(=S)OCC[N+](CC)(CC)CC)OC(=O)CCCCCCCCCCCCCCC. The number of rotatable bonds is 41. The van der Waals surface area contributed by atoms with Crippen molar-refractivity contribution >= 4 is 30.5 Å². The van der Waals surface area contributed by atoms with Gasteiger partial charge in [0.1, 0.15) is 26.5 Å². The second kappa shape index (κ2) is 37.0. The molecule has 0 aliphatic heterocycles. The van der Waals surface area contributed by atoms with Crippen LogP contribution in [0.2, 0.25) is 0 Å². The predicted octanol–water partition coefficient (Wildman–Crippen LogP) is 11.9. The summed E-state index contributed by atoms with van der Waals surface area (Å²) in [7, 11) is 0. The fraction of sp³-hybridized carbons (Fsp3) is 0.953. The van der Waals surface area contributed by atoms with E-state index in [2.05, 4.69) is 34.6 Å². The zero-order valence-corrected chi connectivity index (χ0v) is 37.2. The van der Waals surface area contributed by atoms with E-state index in [0.29, 0.717) is 13.0 Å². The van der Waals surface area contributed by atoms with Gasteiger partial charge >= 0.3 is 11.9 Å². The topological polar surface area (TPSA) is 94.1 Å². The molecule has 0 aliphatic carbocycles. The summed E-state index contributed by atoms with van der Waals surface area (Å²) in [5, 5.41) is 0. The monoisotopic (exact) mass is 792 g/mol. The van der Waals surface area contributed by atoms with E-state index in [1.807, 2.05) is 0 Å². The van der Waals surface area contributed by atoms with Gasteiger partial charge in [-0.2, -0.15) is 0 Å². The van der Waals surface area contributed by atoms with Gasteiger partial charge in [0, 0.05) is 12.8 Å². The maximum Gasteiger partial charge on any atom is 0.306 e. The molecule has 0 aromatic carbocycles. The molecule has 0 aliphatic rings. The van der Waals surface area contributed by atoms with Gasteiger partial charge in [-0.3, -0.25) is 9.59 Å². The second-order valence-electron chi connectivity index (χ2n) is 15.4. The van der Waals surface area contributed by atoms with Crippen LogP contribution >= 0.6 is 6.72 Å². The summed E-state index contributed by atoms with van der Waals surface area (Å²) in [6, 6.07) is 0. The van der Waals surface area contributed by atoms with E-state index in [-0.39, 0.29) is 38.2 Å². The van der Waals surface area contributed by atoms with Crippen LogP contribution in [0.5, 0.6) is 0 Å². The number of esters is 2. The average Bonchev–Trinajstić information content (AvgIpc) is 3.15. The van der Waals surface area contributed by atoms with Crippen LogP contribution in [-0.4, -0.2) is 68.5 Å². The molecular weight excluding hydrogens is 706 g/mol. The lowest BCUT2D eigenvalue weighted by Gasteiger charge is -2.37. The quantitative estimate of drug-likeness (QED) is 0.0261. The van der Waals surface area contributed by atoms with E-state index in [1.54, 1.807) is 0 Å². The van der Waals surface area contributed by atoms with Crippen molar-refractivity contribution in [3.05, 3.63) is 0 Å². The molecule has 0 saturated carbocycles. The molecule has 8 nitrogen and oxygen atoms in total. The Hall–Kier alpha value is -0.570. The molecule has 0 radical (unpaired) electrons. The van der Waals surface area contributed by atoms with Crippen molar-refractivity contribution in [3.63, 3.8) is 0 Å². The Morgan fingerprint density at radius 1 is 0.528 bits per heavy atom. The van der Waals surface area contributed by atoms with Crippen LogP contribution in [0, 0.1) is 0 Å². The van der Waals surface area contributed by atoms with Crippen molar-refractivity contribution in [2.75, 3.05) is 46.0 Å². The van der Waals surface area contributed by atoms with Gasteiger partial charge in [0.25, 0.3) is 0 Å². The number of hydrogen-bond donors (Lipinski definition) is 0. The third-order valence-corrected chi connectivity index (χ3v) is 12.5. The molecule has 2 atom stereocenters. The van der Waals surface area contributed by atoms with Crippen LogP contribution in [0.4, 0.5) is 0 Å². The predicted molar refractivity (Wildman–Crippen MR) is 224 cm³/mol. The van der Waals surface area contributed by atoms with E-state index in [1.165, 1.54) is 128 Å². The van der Waals surface area contributed by atoms with Gasteiger partial charge in [0.15, 0.2) is 6.10 Å². The zero-order valence-electron chi connectivity index (χ0n) is 35.5. The molecule has 0 N–H and O–H groups in total. The summed E-state index contributed by atoms with van der Waals surface area (Å²) < 4.78 is 23.1. The molecule has 0 saturated heterocycles. The molecule has 2 unspecified atom stereocenters. The van der Waals surface area contributed by atoms with Crippen molar-refractivity contribution < 1.29 is 37.5 Å². The Balaban J connectivity index is 4.54. The van der Waals surface area contributed by atoms with Crippen LogP contribution in [-0.2, 0) is 39.9 Å². The van der Waals surface area contributed by atoms with E-state index < -0.39 is 12.8 Å². The van der Waals surface area contributed by atoms with Gasteiger partial charge in [-0.15, -0.1) is 0 Å². The van der Waals surface area contributed by atoms with E-state index in [4.69, 9.17) is 30.3 Å². The van der Waals surface area contributed by atoms with Crippen LogP contribution in [0.15, 0.2) is 0 Å². The Morgan fingerprint density at radius 2 is 0.887 bits per heavy atom. The normalized spacial score (nSPS) is 13.5. The Bertz CT molecular complexity index is 880. The molecule has 0 fully saturated rings. The summed E-state index contributed by atoms with van der Waals surface area (Å²) in [5.74, 6) is -0.693. The number of ether oxygens (including phenoxy) is 2. The molecule has 0 spiro atoms. The summed E-state index contributed by atoms with van der Waals surface area (Å²) in [4.78, 5) is 38.3. The van der Waals surface area contributed by atoms with Crippen LogP contribution < -0.4 is 4.89 Å². The fourth-order valence-corrected chi connectivity index (χ4v) is 8.03. The molecule has 0 rings (SSSR count). The highest BCUT2D eigenvalue weighted by Crippen LogP contribution is 2.39. The van der Waals surface area contributed by atoms with Crippen LogP contribution in [0.1, 0.15) is 214 Å². The molecule has 0 aromatic rings. The minimum Gasteiger partial charge on any atom is -0.780 e. The van der Waals surface area contributed by atoms with E-state index in [9.17, 15) is 14.5 Å². The molecule has 10 heteroatoms. The third kappa shape index (κ3) is 33.3. The van der Waals surface area contributed by atoms with Gasteiger partial charge in [0.05, 0.1) is 26.2 Å². The molecule has 0 heterocycles. The lowest BCUT2D eigenvalue weighted by molar-refractivity contribution is -0.923. The molecule has 0 amide bonds. The Kier molecular flexibility index (Phi) is 36.6. The number of carbonyl (C=O) groups excluding carboxylic acids is 2. The van der Waals surface area contributed by atoms with Gasteiger partial charge in [-0.05, 0) is 33.6 Å². The first-order chi connectivity index (χ1) is 25.7. The zero-order chi connectivity index (χ0) is 39.3. The summed E-state index contributed by atoms with van der Waals surface area (Å²) in [5.41, 5.74) is 0. The molecule has 0 aromatic heterocycles. The minimum atomic E-state index is -3.81. The summed E-state index contributed by atoms with van der Waals surface area (Å²) in [6.45, 7) is 10.4. The van der Waals surface area contributed by atoms with E-state index in [0.717, 1.165) is 62.6 Å². The van der Waals surface area contributed by atoms with Gasteiger partial charge in [0.2, 0.25) is 0 Å². The van der Waals surface area contributed by atoms with Gasteiger partial charge in [-0.1, -0.05) is 180 Å².